The van der Waals surface area contributed by atoms with Crippen LogP contribution in [-0.2, 0) is 0 Å². The Kier molecular flexibility index (Phi) is 3.18. The monoisotopic (exact) mass is 231 g/mol. The molecule has 0 amide bonds. The molecular weight excluding hydrogens is 214 g/mol. The van der Waals surface area contributed by atoms with Gasteiger partial charge < -0.3 is 10.0 Å². The summed E-state index contributed by atoms with van der Waals surface area (Å²) >= 11 is 0. The van der Waals surface area contributed by atoms with Gasteiger partial charge in [0.1, 0.15) is 0 Å². The Morgan fingerprint density at radius 2 is 2.29 bits per heavy atom. The van der Waals surface area contributed by atoms with Crippen LogP contribution in [0.15, 0.2) is 30.9 Å². The molecule has 1 saturated carbocycles. The van der Waals surface area contributed by atoms with Gasteiger partial charge in [-0.15, -0.1) is 6.58 Å². The lowest BCUT2D eigenvalue weighted by Crippen LogP contribution is -2.27. The smallest absolute Gasteiger partial charge is 0.337 e. The third-order valence-corrected chi connectivity index (χ3v) is 3.01. The number of carbonyl (C=O) groups is 1. The number of rotatable bonds is 5. The number of hydrogen-bond donors (Lipinski definition) is 1. The van der Waals surface area contributed by atoms with Crippen LogP contribution in [0.3, 0.4) is 0 Å². The zero-order valence-corrected chi connectivity index (χ0v) is 10.0. The van der Waals surface area contributed by atoms with Crippen LogP contribution in [0.25, 0.3) is 0 Å². The summed E-state index contributed by atoms with van der Waals surface area (Å²) in [6.07, 6.45) is 4.10. The normalized spacial score (nSPS) is 14.4. The van der Waals surface area contributed by atoms with Crippen molar-refractivity contribution in [1.29, 1.82) is 0 Å². The highest BCUT2D eigenvalue weighted by Gasteiger charge is 2.30. The molecule has 3 nitrogen and oxygen atoms in total. The largest absolute Gasteiger partial charge is 0.478 e. The van der Waals surface area contributed by atoms with Crippen molar-refractivity contribution in [3.05, 3.63) is 42.0 Å². The summed E-state index contributed by atoms with van der Waals surface area (Å²) in [6, 6.07) is 6.07. The van der Waals surface area contributed by atoms with E-state index in [-0.39, 0.29) is 0 Å². The van der Waals surface area contributed by atoms with Crippen LogP contribution in [0.5, 0.6) is 0 Å². The fourth-order valence-electron chi connectivity index (χ4n) is 2.04. The summed E-state index contributed by atoms with van der Waals surface area (Å²) in [7, 11) is 0. The second-order valence-corrected chi connectivity index (χ2v) is 4.50. The van der Waals surface area contributed by atoms with Crippen LogP contribution in [0.2, 0.25) is 0 Å². The van der Waals surface area contributed by atoms with E-state index >= 15 is 0 Å². The highest BCUT2D eigenvalue weighted by Crippen LogP contribution is 2.33. The van der Waals surface area contributed by atoms with Gasteiger partial charge in [-0.25, -0.2) is 4.79 Å². The van der Waals surface area contributed by atoms with Crippen molar-refractivity contribution in [2.24, 2.45) is 0 Å². The van der Waals surface area contributed by atoms with Crippen molar-refractivity contribution in [3.8, 4) is 0 Å². The molecule has 0 aliphatic heterocycles. The van der Waals surface area contributed by atoms with Crippen LogP contribution < -0.4 is 4.90 Å². The fourth-order valence-corrected chi connectivity index (χ4v) is 2.04. The predicted molar refractivity (Wildman–Crippen MR) is 68.7 cm³/mol. The van der Waals surface area contributed by atoms with Crippen molar-refractivity contribution in [2.75, 3.05) is 11.4 Å². The number of anilines is 1. The van der Waals surface area contributed by atoms with E-state index in [1.54, 1.807) is 6.07 Å². The first-order valence-electron chi connectivity index (χ1n) is 5.85. The highest BCUT2D eigenvalue weighted by atomic mass is 16.4. The molecule has 0 spiro atoms. The van der Waals surface area contributed by atoms with E-state index in [2.05, 4.69) is 11.5 Å². The molecule has 1 fully saturated rings. The first-order valence-corrected chi connectivity index (χ1v) is 5.85. The van der Waals surface area contributed by atoms with E-state index in [9.17, 15) is 9.90 Å². The zero-order chi connectivity index (χ0) is 12.4. The second kappa shape index (κ2) is 4.62. The predicted octanol–water partition coefficient (Wildman–Crippen LogP) is 2.85. The zero-order valence-electron chi connectivity index (χ0n) is 10.0. The number of nitrogens with zero attached hydrogens (tertiary/aromatic N) is 1. The number of hydrogen-bond acceptors (Lipinski definition) is 2. The van der Waals surface area contributed by atoms with Crippen LogP contribution >= 0.6 is 0 Å². The Balaban J connectivity index is 2.40. The number of carboxylic acid groups (broad SMARTS) is 1. The molecule has 17 heavy (non-hydrogen) atoms. The summed E-state index contributed by atoms with van der Waals surface area (Å²) in [6.45, 7) is 6.35. The van der Waals surface area contributed by atoms with Crippen molar-refractivity contribution < 1.29 is 9.90 Å². The van der Waals surface area contributed by atoms with E-state index in [1.807, 2.05) is 25.1 Å². The Labute approximate surface area is 101 Å². The Morgan fingerprint density at radius 1 is 1.59 bits per heavy atom. The molecule has 1 aromatic carbocycles. The molecule has 1 aliphatic carbocycles. The molecule has 0 radical (unpaired) electrons. The van der Waals surface area contributed by atoms with Gasteiger partial charge in [0.25, 0.3) is 0 Å². The molecule has 0 atom stereocenters. The standard InChI is InChI=1S/C14H17NO2/c1-3-8-15(11-5-6-11)13-7-4-10(2)9-12(13)14(16)17/h3-4,7,9,11H,1,5-6,8H2,2H3,(H,16,17). The van der Waals surface area contributed by atoms with Crippen molar-refractivity contribution in [3.63, 3.8) is 0 Å². The molecule has 90 valence electrons. The second-order valence-electron chi connectivity index (χ2n) is 4.50. The molecule has 1 aliphatic rings. The molecule has 3 heteroatoms. The molecule has 0 aromatic heterocycles. The van der Waals surface area contributed by atoms with E-state index in [4.69, 9.17) is 0 Å². The summed E-state index contributed by atoms with van der Waals surface area (Å²) in [5, 5.41) is 9.26. The van der Waals surface area contributed by atoms with Crippen molar-refractivity contribution in [1.82, 2.24) is 0 Å². The molecule has 0 unspecified atom stereocenters. The number of carboxylic acids is 1. The van der Waals surface area contributed by atoms with Crippen LogP contribution in [0.4, 0.5) is 5.69 Å². The lowest BCUT2D eigenvalue weighted by molar-refractivity contribution is 0.0697. The van der Waals surface area contributed by atoms with Gasteiger partial charge in [-0.3, -0.25) is 0 Å². The van der Waals surface area contributed by atoms with Gasteiger partial charge in [-0.2, -0.15) is 0 Å². The van der Waals surface area contributed by atoms with E-state index in [0.717, 1.165) is 24.1 Å². The maximum Gasteiger partial charge on any atom is 0.337 e. The SMILES string of the molecule is C=CCN(c1ccc(C)cc1C(=O)O)C1CC1. The Hall–Kier alpha value is -1.77. The van der Waals surface area contributed by atoms with Gasteiger partial charge >= 0.3 is 5.97 Å². The molecule has 2 rings (SSSR count). The highest BCUT2D eigenvalue weighted by molar-refractivity contribution is 5.95. The van der Waals surface area contributed by atoms with E-state index in [1.165, 1.54) is 0 Å². The summed E-state index contributed by atoms with van der Waals surface area (Å²) in [5.74, 6) is -0.863. The van der Waals surface area contributed by atoms with E-state index in [0.29, 0.717) is 18.2 Å². The summed E-state index contributed by atoms with van der Waals surface area (Å²) in [5.41, 5.74) is 2.17. The summed E-state index contributed by atoms with van der Waals surface area (Å²) < 4.78 is 0. The topological polar surface area (TPSA) is 40.5 Å². The average molecular weight is 231 g/mol. The van der Waals surface area contributed by atoms with Crippen LogP contribution in [-0.4, -0.2) is 23.7 Å². The minimum Gasteiger partial charge on any atom is -0.478 e. The first kappa shape index (κ1) is 11.7. The maximum atomic E-state index is 11.3. The third-order valence-electron chi connectivity index (χ3n) is 3.01. The molecular formula is C14H17NO2. The lowest BCUT2D eigenvalue weighted by Gasteiger charge is -2.25. The quantitative estimate of drug-likeness (QED) is 0.792. The van der Waals surface area contributed by atoms with Gasteiger partial charge in [-0.1, -0.05) is 17.7 Å². The number of aryl methyl sites for hydroxylation is 1. The van der Waals surface area contributed by atoms with E-state index < -0.39 is 5.97 Å². The number of benzene rings is 1. The Morgan fingerprint density at radius 3 is 2.82 bits per heavy atom. The minimum atomic E-state index is -0.863. The minimum absolute atomic E-state index is 0.388. The molecule has 0 saturated heterocycles. The van der Waals surface area contributed by atoms with Gasteiger partial charge in [0.2, 0.25) is 0 Å². The van der Waals surface area contributed by atoms with Gasteiger partial charge in [0, 0.05) is 12.6 Å². The Bertz CT molecular complexity index is 450. The van der Waals surface area contributed by atoms with Crippen molar-refractivity contribution in [2.45, 2.75) is 25.8 Å². The van der Waals surface area contributed by atoms with Crippen molar-refractivity contribution >= 4 is 11.7 Å². The van der Waals surface area contributed by atoms with Gasteiger partial charge in [0.15, 0.2) is 0 Å². The summed E-state index contributed by atoms with van der Waals surface area (Å²) in [4.78, 5) is 13.4. The fraction of sp³-hybridized carbons (Fsp3) is 0.357. The molecule has 0 bridgehead atoms. The molecule has 0 heterocycles. The van der Waals surface area contributed by atoms with Gasteiger partial charge in [0.05, 0.1) is 11.3 Å². The maximum absolute atomic E-state index is 11.3. The molecule has 1 N–H and O–H groups in total. The first-order chi connectivity index (χ1) is 8.13. The van der Waals surface area contributed by atoms with Crippen LogP contribution in [0.1, 0.15) is 28.8 Å². The lowest BCUT2D eigenvalue weighted by atomic mass is 10.1. The number of aromatic carboxylic acids is 1. The third kappa shape index (κ3) is 2.49. The van der Waals surface area contributed by atoms with Gasteiger partial charge in [-0.05, 0) is 31.9 Å². The average Bonchev–Trinajstić information content (AvgIpc) is 3.10. The molecule has 1 aromatic rings. The van der Waals surface area contributed by atoms with Crippen LogP contribution in [0, 0.1) is 6.92 Å².